The molecule has 0 bridgehead atoms. The SMILES string of the molecule is CCn1cc(C(=O)Nc2c(C#N)cnn2-c2ccccc2)c(C)n1. The van der Waals surface area contributed by atoms with Crippen molar-refractivity contribution in [1.29, 1.82) is 5.26 Å². The number of nitriles is 1. The molecule has 1 aromatic carbocycles. The predicted octanol–water partition coefficient (Wildman–Crippen LogP) is 2.52. The molecule has 0 saturated heterocycles. The lowest BCUT2D eigenvalue weighted by Gasteiger charge is -2.09. The summed E-state index contributed by atoms with van der Waals surface area (Å²) in [5.41, 5.74) is 2.17. The van der Waals surface area contributed by atoms with Gasteiger partial charge in [-0.3, -0.25) is 9.48 Å². The van der Waals surface area contributed by atoms with E-state index in [4.69, 9.17) is 0 Å². The lowest BCUT2D eigenvalue weighted by Crippen LogP contribution is -2.16. The van der Waals surface area contributed by atoms with Crippen LogP contribution in [-0.2, 0) is 6.54 Å². The highest BCUT2D eigenvalue weighted by Crippen LogP contribution is 2.20. The average molecular weight is 320 g/mol. The molecule has 0 radical (unpaired) electrons. The van der Waals surface area contributed by atoms with E-state index in [1.807, 2.05) is 37.3 Å². The van der Waals surface area contributed by atoms with Gasteiger partial charge in [0.15, 0.2) is 5.82 Å². The number of benzene rings is 1. The molecule has 0 aliphatic rings. The minimum Gasteiger partial charge on any atom is -0.305 e. The van der Waals surface area contributed by atoms with Crippen LogP contribution in [0.25, 0.3) is 5.69 Å². The third-order valence-corrected chi connectivity index (χ3v) is 3.64. The number of amides is 1. The molecule has 0 spiro atoms. The lowest BCUT2D eigenvalue weighted by molar-refractivity contribution is 0.102. The van der Waals surface area contributed by atoms with E-state index in [0.29, 0.717) is 29.2 Å². The molecule has 0 saturated carbocycles. The molecular formula is C17H16N6O. The van der Waals surface area contributed by atoms with Gasteiger partial charge in [-0.1, -0.05) is 18.2 Å². The topological polar surface area (TPSA) is 88.5 Å². The largest absolute Gasteiger partial charge is 0.305 e. The van der Waals surface area contributed by atoms with Crippen LogP contribution in [0.4, 0.5) is 5.82 Å². The van der Waals surface area contributed by atoms with Gasteiger partial charge in [-0.25, -0.2) is 4.68 Å². The zero-order valence-electron chi connectivity index (χ0n) is 13.4. The molecule has 1 amide bonds. The second-order valence-corrected chi connectivity index (χ2v) is 5.20. The van der Waals surface area contributed by atoms with Gasteiger partial charge in [-0.2, -0.15) is 15.5 Å². The van der Waals surface area contributed by atoms with Crippen molar-refractivity contribution < 1.29 is 4.79 Å². The molecule has 24 heavy (non-hydrogen) atoms. The monoisotopic (exact) mass is 320 g/mol. The molecule has 120 valence electrons. The predicted molar refractivity (Wildman–Crippen MR) is 88.9 cm³/mol. The summed E-state index contributed by atoms with van der Waals surface area (Å²) in [5, 5.41) is 20.6. The first-order valence-corrected chi connectivity index (χ1v) is 7.53. The molecule has 0 atom stereocenters. The maximum atomic E-state index is 12.6. The molecule has 1 N–H and O–H groups in total. The normalized spacial score (nSPS) is 10.4. The molecule has 3 aromatic rings. The van der Waals surface area contributed by atoms with Crippen molar-refractivity contribution in [3.05, 3.63) is 59.5 Å². The summed E-state index contributed by atoms with van der Waals surface area (Å²) in [7, 11) is 0. The van der Waals surface area contributed by atoms with Gasteiger partial charge in [-0.15, -0.1) is 0 Å². The third-order valence-electron chi connectivity index (χ3n) is 3.64. The van der Waals surface area contributed by atoms with E-state index in [-0.39, 0.29) is 5.91 Å². The second-order valence-electron chi connectivity index (χ2n) is 5.20. The van der Waals surface area contributed by atoms with E-state index in [1.54, 1.807) is 17.8 Å². The highest BCUT2D eigenvalue weighted by Gasteiger charge is 2.19. The van der Waals surface area contributed by atoms with Crippen LogP contribution < -0.4 is 5.32 Å². The van der Waals surface area contributed by atoms with E-state index in [0.717, 1.165) is 5.69 Å². The fourth-order valence-electron chi connectivity index (χ4n) is 2.39. The third kappa shape index (κ3) is 2.77. The van der Waals surface area contributed by atoms with Crippen LogP contribution in [0.15, 0.2) is 42.7 Å². The first kappa shape index (κ1) is 15.5. The Morgan fingerprint density at radius 2 is 2.08 bits per heavy atom. The van der Waals surface area contributed by atoms with Crippen molar-refractivity contribution in [2.75, 3.05) is 5.32 Å². The van der Waals surface area contributed by atoms with Crippen LogP contribution in [0.3, 0.4) is 0 Å². The maximum absolute atomic E-state index is 12.6. The molecular weight excluding hydrogens is 304 g/mol. The summed E-state index contributed by atoms with van der Waals surface area (Å²) in [5.74, 6) is 0.0266. The molecule has 2 aromatic heterocycles. The standard InChI is InChI=1S/C17H16N6O/c1-3-22-11-15(12(2)21-22)17(24)20-16-13(9-18)10-19-23(16)14-7-5-4-6-8-14/h4-8,10-11H,3H2,1-2H3,(H,20,24). The Kier molecular flexibility index (Phi) is 4.12. The lowest BCUT2D eigenvalue weighted by atomic mass is 10.2. The number of hydrogen-bond donors (Lipinski definition) is 1. The van der Waals surface area contributed by atoms with Gasteiger partial charge in [-0.05, 0) is 26.0 Å². The number of rotatable bonds is 4. The Hall–Kier alpha value is -3.40. The summed E-state index contributed by atoms with van der Waals surface area (Å²) in [4.78, 5) is 12.6. The zero-order valence-corrected chi connectivity index (χ0v) is 13.4. The van der Waals surface area contributed by atoms with Crippen LogP contribution in [-0.4, -0.2) is 25.5 Å². The van der Waals surface area contributed by atoms with Crippen LogP contribution in [0.2, 0.25) is 0 Å². The van der Waals surface area contributed by atoms with Gasteiger partial charge in [0.2, 0.25) is 0 Å². The molecule has 0 aliphatic carbocycles. The van der Waals surface area contributed by atoms with Gasteiger partial charge in [0, 0.05) is 12.7 Å². The number of hydrogen-bond acceptors (Lipinski definition) is 4. The number of aryl methyl sites for hydroxylation is 2. The van der Waals surface area contributed by atoms with Crippen LogP contribution in [0.5, 0.6) is 0 Å². The first-order valence-electron chi connectivity index (χ1n) is 7.53. The highest BCUT2D eigenvalue weighted by atomic mass is 16.1. The summed E-state index contributed by atoms with van der Waals surface area (Å²) < 4.78 is 3.24. The van der Waals surface area contributed by atoms with E-state index < -0.39 is 0 Å². The van der Waals surface area contributed by atoms with E-state index >= 15 is 0 Å². The van der Waals surface area contributed by atoms with Gasteiger partial charge in [0.25, 0.3) is 5.91 Å². The van der Waals surface area contributed by atoms with Crippen molar-refractivity contribution in [2.24, 2.45) is 0 Å². The molecule has 7 heteroatoms. The number of carbonyl (C=O) groups excluding carboxylic acids is 1. The Bertz CT molecular complexity index is 916. The first-order chi connectivity index (χ1) is 11.6. The van der Waals surface area contributed by atoms with Crippen LogP contribution >= 0.6 is 0 Å². The summed E-state index contributed by atoms with van der Waals surface area (Å²) >= 11 is 0. The second kappa shape index (κ2) is 6.38. The molecule has 2 heterocycles. The summed E-state index contributed by atoms with van der Waals surface area (Å²) in [6.07, 6.45) is 3.13. The number of nitrogens with one attached hydrogen (secondary N) is 1. The minimum absolute atomic E-state index is 0.299. The van der Waals surface area contributed by atoms with Crippen molar-refractivity contribution >= 4 is 11.7 Å². The number of para-hydroxylation sites is 1. The van der Waals surface area contributed by atoms with Gasteiger partial charge in [0.05, 0.1) is 23.1 Å². The number of nitrogens with zero attached hydrogens (tertiary/aromatic N) is 5. The molecule has 3 rings (SSSR count). The van der Waals surface area contributed by atoms with Crippen molar-refractivity contribution in [1.82, 2.24) is 19.6 Å². The fourth-order valence-corrected chi connectivity index (χ4v) is 2.39. The number of carbonyl (C=O) groups is 1. The number of anilines is 1. The molecule has 0 aliphatic heterocycles. The van der Waals surface area contributed by atoms with Gasteiger partial charge < -0.3 is 5.32 Å². The smallest absolute Gasteiger partial charge is 0.260 e. The number of aromatic nitrogens is 4. The zero-order chi connectivity index (χ0) is 17.1. The van der Waals surface area contributed by atoms with E-state index in [2.05, 4.69) is 21.6 Å². The Morgan fingerprint density at radius 1 is 1.33 bits per heavy atom. The summed E-state index contributed by atoms with van der Waals surface area (Å²) in [6.45, 7) is 4.41. The van der Waals surface area contributed by atoms with Crippen molar-refractivity contribution in [3.63, 3.8) is 0 Å². The van der Waals surface area contributed by atoms with Crippen molar-refractivity contribution in [3.8, 4) is 11.8 Å². The Balaban J connectivity index is 1.97. The van der Waals surface area contributed by atoms with E-state index in [9.17, 15) is 10.1 Å². The average Bonchev–Trinajstić information content (AvgIpc) is 3.18. The molecule has 0 unspecified atom stereocenters. The fraction of sp³-hybridized carbons (Fsp3) is 0.176. The molecule has 7 nitrogen and oxygen atoms in total. The van der Waals surface area contributed by atoms with E-state index in [1.165, 1.54) is 10.9 Å². The summed E-state index contributed by atoms with van der Waals surface area (Å²) in [6, 6.07) is 11.4. The highest BCUT2D eigenvalue weighted by molar-refractivity contribution is 6.05. The van der Waals surface area contributed by atoms with Crippen LogP contribution in [0.1, 0.15) is 28.5 Å². The Labute approximate surface area is 139 Å². The van der Waals surface area contributed by atoms with Gasteiger partial charge in [0.1, 0.15) is 11.6 Å². The van der Waals surface area contributed by atoms with Crippen LogP contribution in [0, 0.1) is 18.3 Å². The minimum atomic E-state index is -0.318. The maximum Gasteiger partial charge on any atom is 0.260 e. The quantitative estimate of drug-likeness (QED) is 0.800. The van der Waals surface area contributed by atoms with Crippen molar-refractivity contribution in [2.45, 2.75) is 20.4 Å². The van der Waals surface area contributed by atoms with Gasteiger partial charge >= 0.3 is 0 Å². The Morgan fingerprint density at radius 3 is 2.71 bits per heavy atom. The molecule has 0 fully saturated rings.